The molecule has 0 saturated heterocycles. The topological polar surface area (TPSA) is 175 Å². The number of Topliss-reactive ketones (excluding diaryl/α,β-unsaturated/α-hetero) is 1. The van der Waals surface area contributed by atoms with E-state index < -0.39 is 23.6 Å². The molecule has 5 amide bonds. The Kier molecular flexibility index (Phi) is 11.7. The van der Waals surface area contributed by atoms with Gasteiger partial charge < -0.3 is 31.9 Å². The molecule has 0 rings (SSSR count). The van der Waals surface area contributed by atoms with Crippen LogP contribution in [0.3, 0.4) is 0 Å². The Bertz CT molecular complexity index is 550. The van der Waals surface area contributed by atoms with Gasteiger partial charge in [0.05, 0.1) is 39.3 Å². The van der Waals surface area contributed by atoms with Crippen molar-refractivity contribution < 1.29 is 28.8 Å². The summed E-state index contributed by atoms with van der Waals surface area (Å²) in [6, 6.07) is 0. The first-order valence-corrected chi connectivity index (χ1v) is 7.72. The Balaban J connectivity index is 3.82. The molecule has 0 spiro atoms. The lowest BCUT2D eigenvalue weighted by Crippen LogP contribution is -2.46. The maximum atomic E-state index is 11.5. The van der Waals surface area contributed by atoms with Crippen LogP contribution >= 0.6 is 0 Å². The van der Waals surface area contributed by atoms with Gasteiger partial charge in [-0.2, -0.15) is 0 Å². The lowest BCUT2D eigenvalue weighted by Gasteiger charge is -2.08. The molecule has 0 aliphatic carbocycles. The zero-order valence-electron chi connectivity index (χ0n) is 14.7. The first-order chi connectivity index (χ1) is 12.2. The minimum atomic E-state index is -0.615. The molecule has 26 heavy (non-hydrogen) atoms. The zero-order valence-corrected chi connectivity index (χ0v) is 14.7. The first kappa shape index (κ1) is 23.0. The Labute approximate surface area is 150 Å². The molecular formula is C14H24N6O6. The van der Waals surface area contributed by atoms with Crippen LogP contribution in [0.15, 0.2) is 0 Å². The van der Waals surface area contributed by atoms with E-state index in [4.69, 9.17) is 0 Å². The fourth-order valence-electron chi connectivity index (χ4n) is 1.41. The van der Waals surface area contributed by atoms with Crippen molar-refractivity contribution >= 4 is 35.3 Å². The quantitative estimate of drug-likeness (QED) is 0.200. The zero-order chi connectivity index (χ0) is 19.9. The molecule has 0 saturated carbocycles. The van der Waals surface area contributed by atoms with E-state index in [0.717, 1.165) is 0 Å². The molecule has 0 unspecified atom stereocenters. The number of hydrogen-bond donors (Lipinski definition) is 6. The highest BCUT2D eigenvalue weighted by Gasteiger charge is 2.10. The summed E-state index contributed by atoms with van der Waals surface area (Å²) in [6.45, 7) is -0.102. The maximum Gasteiger partial charge on any atom is 0.239 e. The van der Waals surface area contributed by atoms with Crippen LogP contribution in [0.4, 0.5) is 0 Å². The van der Waals surface area contributed by atoms with Gasteiger partial charge in [-0.05, 0) is 14.0 Å². The molecule has 146 valence electrons. The van der Waals surface area contributed by atoms with E-state index in [1.807, 2.05) is 0 Å². The van der Waals surface area contributed by atoms with Gasteiger partial charge in [-0.3, -0.25) is 28.8 Å². The van der Waals surface area contributed by atoms with Crippen LogP contribution in [0.1, 0.15) is 6.92 Å². The monoisotopic (exact) mass is 372 g/mol. The molecule has 0 fully saturated rings. The molecule has 12 heteroatoms. The van der Waals surface area contributed by atoms with Crippen molar-refractivity contribution in [1.82, 2.24) is 31.9 Å². The summed E-state index contributed by atoms with van der Waals surface area (Å²) in [5, 5.41) is 14.0. The number of hydrogen-bond acceptors (Lipinski definition) is 7. The molecule has 0 aliphatic heterocycles. The molecule has 0 bridgehead atoms. The van der Waals surface area contributed by atoms with Crippen molar-refractivity contribution in [2.75, 3.05) is 46.3 Å². The highest BCUT2D eigenvalue weighted by atomic mass is 16.2. The van der Waals surface area contributed by atoms with Gasteiger partial charge in [0.2, 0.25) is 29.5 Å². The first-order valence-electron chi connectivity index (χ1n) is 7.72. The van der Waals surface area contributed by atoms with Gasteiger partial charge in [0.25, 0.3) is 0 Å². The van der Waals surface area contributed by atoms with Crippen molar-refractivity contribution in [3.63, 3.8) is 0 Å². The summed E-state index contributed by atoms with van der Waals surface area (Å²) < 4.78 is 0. The van der Waals surface area contributed by atoms with Gasteiger partial charge in [0.15, 0.2) is 0 Å². The van der Waals surface area contributed by atoms with Crippen molar-refractivity contribution in [1.29, 1.82) is 0 Å². The summed E-state index contributed by atoms with van der Waals surface area (Å²) in [6.07, 6.45) is 0. The lowest BCUT2D eigenvalue weighted by atomic mass is 10.4. The summed E-state index contributed by atoms with van der Waals surface area (Å²) in [7, 11) is 1.58. The Hall–Kier alpha value is -3.02. The third-order valence-electron chi connectivity index (χ3n) is 2.66. The minimum Gasteiger partial charge on any atom is -0.348 e. The van der Waals surface area contributed by atoms with Crippen LogP contribution in [0.25, 0.3) is 0 Å². The van der Waals surface area contributed by atoms with Crippen LogP contribution < -0.4 is 31.9 Å². The molecular weight excluding hydrogens is 348 g/mol. The summed E-state index contributed by atoms with van der Waals surface area (Å²) in [5.74, 6) is -2.90. The predicted octanol–water partition coefficient (Wildman–Crippen LogP) is -4.62. The van der Waals surface area contributed by atoms with Gasteiger partial charge in [-0.25, -0.2) is 0 Å². The van der Waals surface area contributed by atoms with Crippen molar-refractivity contribution in [2.45, 2.75) is 6.92 Å². The maximum absolute atomic E-state index is 11.5. The van der Waals surface area contributed by atoms with E-state index in [-0.39, 0.29) is 51.0 Å². The molecule has 0 atom stereocenters. The van der Waals surface area contributed by atoms with Crippen LogP contribution in [-0.4, -0.2) is 81.6 Å². The van der Waals surface area contributed by atoms with E-state index in [1.165, 1.54) is 6.92 Å². The van der Waals surface area contributed by atoms with Crippen molar-refractivity contribution in [3.8, 4) is 0 Å². The molecule has 0 aliphatic rings. The molecule has 0 radical (unpaired) electrons. The van der Waals surface area contributed by atoms with Gasteiger partial charge >= 0.3 is 0 Å². The van der Waals surface area contributed by atoms with Crippen molar-refractivity contribution in [2.24, 2.45) is 0 Å². The highest BCUT2D eigenvalue weighted by molar-refractivity contribution is 5.91. The van der Waals surface area contributed by atoms with Gasteiger partial charge in [0.1, 0.15) is 5.78 Å². The van der Waals surface area contributed by atoms with E-state index in [0.29, 0.717) is 0 Å². The summed E-state index contributed by atoms with van der Waals surface area (Å²) in [4.78, 5) is 67.4. The fourth-order valence-corrected chi connectivity index (χ4v) is 1.41. The van der Waals surface area contributed by atoms with Gasteiger partial charge in [0, 0.05) is 0 Å². The van der Waals surface area contributed by atoms with Gasteiger partial charge in [-0.1, -0.05) is 0 Å². The smallest absolute Gasteiger partial charge is 0.239 e. The second-order valence-corrected chi connectivity index (χ2v) is 5.12. The number of amides is 5. The highest BCUT2D eigenvalue weighted by Crippen LogP contribution is 1.72. The fraction of sp³-hybridized carbons (Fsp3) is 0.571. The second kappa shape index (κ2) is 13.3. The van der Waals surface area contributed by atoms with Crippen molar-refractivity contribution in [3.05, 3.63) is 0 Å². The summed E-state index contributed by atoms with van der Waals surface area (Å²) >= 11 is 0. The van der Waals surface area contributed by atoms with E-state index in [9.17, 15) is 28.8 Å². The number of carbonyl (C=O) groups is 6. The van der Waals surface area contributed by atoms with E-state index in [1.54, 1.807) is 7.05 Å². The van der Waals surface area contributed by atoms with Crippen LogP contribution in [0.2, 0.25) is 0 Å². The molecule has 0 aromatic heterocycles. The number of rotatable bonds is 12. The minimum absolute atomic E-state index is 0.0651. The number of nitrogens with one attached hydrogen (secondary N) is 6. The molecule has 12 nitrogen and oxygen atoms in total. The third kappa shape index (κ3) is 13.4. The van der Waals surface area contributed by atoms with E-state index >= 15 is 0 Å². The Morgan fingerprint density at radius 1 is 0.500 bits per heavy atom. The molecule has 6 N–H and O–H groups in total. The van der Waals surface area contributed by atoms with Crippen LogP contribution in [-0.2, 0) is 28.8 Å². The second-order valence-electron chi connectivity index (χ2n) is 5.12. The average Bonchev–Trinajstić information content (AvgIpc) is 2.59. The third-order valence-corrected chi connectivity index (χ3v) is 2.66. The largest absolute Gasteiger partial charge is 0.348 e. The van der Waals surface area contributed by atoms with Gasteiger partial charge in [-0.15, -0.1) is 0 Å². The summed E-state index contributed by atoms with van der Waals surface area (Å²) in [5.41, 5.74) is 0. The van der Waals surface area contributed by atoms with Crippen LogP contribution in [0.5, 0.6) is 0 Å². The number of likely N-dealkylation sites (N-methyl/N-ethyl adjacent to an activating group) is 1. The SMILES string of the molecule is CNCC(=O)NCC(=O)NCC(=O)NCC(=O)NCC(=O)NCC(C)=O. The van der Waals surface area contributed by atoms with Crippen LogP contribution in [0, 0.1) is 0 Å². The Morgan fingerprint density at radius 3 is 1.04 bits per heavy atom. The number of ketones is 1. The molecule has 0 aromatic rings. The normalized spacial score (nSPS) is 9.62. The lowest BCUT2D eigenvalue weighted by molar-refractivity contribution is -0.129. The average molecular weight is 372 g/mol. The Morgan fingerprint density at radius 2 is 0.769 bits per heavy atom. The molecule has 0 heterocycles. The van der Waals surface area contributed by atoms with E-state index in [2.05, 4.69) is 31.9 Å². The molecule has 0 aromatic carbocycles. The number of carbonyl (C=O) groups excluding carboxylic acids is 6. The predicted molar refractivity (Wildman–Crippen MR) is 89.7 cm³/mol. The standard InChI is InChI=1S/C14H24N6O6/c1-9(21)3-16-11(23)5-18-13(25)7-20-14(26)8-19-12(24)6-17-10(22)4-15-2/h15H,3-8H2,1-2H3,(H,16,23)(H,17,22)(H,18,25)(H,19,24)(H,20,26).